The predicted molar refractivity (Wildman–Crippen MR) is 92.1 cm³/mol. The number of carbonyl (C=O) groups is 1. The first kappa shape index (κ1) is 20.8. The quantitative estimate of drug-likeness (QED) is 0.432. The molecule has 0 aliphatic carbocycles. The van der Waals surface area contributed by atoms with Gasteiger partial charge in [-0.05, 0) is 37.1 Å². The Bertz CT molecular complexity index is 872. The maximum Gasteiger partial charge on any atom is 0.404 e. The third kappa shape index (κ3) is 5.48. The summed E-state index contributed by atoms with van der Waals surface area (Å²) in [6.07, 6.45) is 2.24. The molecule has 0 saturated heterocycles. The Hall–Kier alpha value is -2.51. The summed E-state index contributed by atoms with van der Waals surface area (Å²) in [6, 6.07) is 2.41. The van der Waals surface area contributed by atoms with Crippen LogP contribution in [0, 0.1) is 24.0 Å². The number of aromatic nitrogens is 1. The summed E-state index contributed by atoms with van der Waals surface area (Å²) in [5.41, 5.74) is 0.0759. The molecule has 0 spiro atoms. The van der Waals surface area contributed by atoms with Crippen LogP contribution in [0.4, 0.5) is 27.6 Å². The van der Waals surface area contributed by atoms with Crippen molar-refractivity contribution in [3.05, 3.63) is 47.8 Å². The molecule has 2 rings (SSSR count). The van der Waals surface area contributed by atoms with E-state index in [9.17, 15) is 26.7 Å². The van der Waals surface area contributed by atoms with E-state index in [1.54, 1.807) is 0 Å². The topological polar surface area (TPSA) is 46.1 Å². The Balaban J connectivity index is 2.17. The van der Waals surface area contributed by atoms with Crippen molar-refractivity contribution in [2.75, 3.05) is 5.32 Å². The molecule has 0 aliphatic rings. The molecule has 0 radical (unpaired) electrons. The number of terminal acetylenes is 1. The first-order valence-corrected chi connectivity index (χ1v) is 8.32. The Labute approximate surface area is 156 Å². The van der Waals surface area contributed by atoms with Crippen molar-refractivity contribution in [2.45, 2.75) is 30.6 Å². The molecule has 0 saturated carbocycles. The molecular formula is C17H14F5N3OS. The van der Waals surface area contributed by atoms with Crippen LogP contribution in [0.1, 0.15) is 17.4 Å². The van der Waals surface area contributed by atoms with Gasteiger partial charge in [0.15, 0.2) is 11.6 Å². The zero-order valence-electron chi connectivity index (χ0n) is 13.9. The lowest BCUT2D eigenvalue weighted by Crippen LogP contribution is -2.35. The molecule has 4 nitrogen and oxygen atoms in total. The van der Waals surface area contributed by atoms with E-state index in [0.29, 0.717) is 16.8 Å². The minimum absolute atomic E-state index is 0.00405. The molecule has 1 unspecified atom stereocenters. The van der Waals surface area contributed by atoms with Gasteiger partial charge in [0.25, 0.3) is 5.91 Å². The molecule has 1 heterocycles. The van der Waals surface area contributed by atoms with Gasteiger partial charge in [-0.1, -0.05) is 5.92 Å². The van der Waals surface area contributed by atoms with E-state index in [4.69, 9.17) is 6.42 Å². The fraction of sp³-hybridized carbons (Fsp3) is 0.235. The molecule has 0 fully saturated rings. The lowest BCUT2D eigenvalue weighted by molar-refractivity contribution is -0.146. The molecule has 27 heavy (non-hydrogen) atoms. The molecule has 0 aliphatic heterocycles. The molecule has 1 aromatic heterocycles. The number of carbonyl (C=O) groups excluding carboxylic acids is 1. The van der Waals surface area contributed by atoms with Crippen LogP contribution in [-0.2, 0) is 6.54 Å². The summed E-state index contributed by atoms with van der Waals surface area (Å²) < 4.78 is 67.5. The van der Waals surface area contributed by atoms with Crippen LogP contribution in [0.2, 0.25) is 0 Å². The molecule has 0 bridgehead atoms. The van der Waals surface area contributed by atoms with Gasteiger partial charge in [0.05, 0.1) is 6.54 Å². The van der Waals surface area contributed by atoms with Crippen LogP contribution in [0.5, 0.6) is 0 Å². The number of nitrogens with zero attached hydrogens (tertiary/aromatic N) is 1. The average Bonchev–Trinajstić information content (AvgIpc) is 2.98. The van der Waals surface area contributed by atoms with Gasteiger partial charge in [-0.25, -0.2) is 13.5 Å². The third-order valence-corrected chi connectivity index (χ3v) is 4.32. The largest absolute Gasteiger partial charge is 0.404 e. The highest BCUT2D eigenvalue weighted by molar-refractivity contribution is 7.97. The first-order valence-electron chi connectivity index (χ1n) is 7.51. The van der Waals surface area contributed by atoms with Gasteiger partial charge in [0.2, 0.25) is 0 Å². The first-order chi connectivity index (χ1) is 12.6. The normalized spacial score (nSPS) is 12.5. The lowest BCUT2D eigenvalue weighted by atomic mass is 10.3. The number of amides is 1. The molecule has 1 aromatic carbocycles. The zero-order valence-corrected chi connectivity index (χ0v) is 14.7. The average molecular weight is 403 g/mol. The second kappa shape index (κ2) is 8.45. The minimum atomic E-state index is -4.42. The smallest absolute Gasteiger partial charge is 0.331 e. The van der Waals surface area contributed by atoms with E-state index in [0.717, 1.165) is 19.1 Å². The molecule has 1 amide bonds. The van der Waals surface area contributed by atoms with Gasteiger partial charge in [0, 0.05) is 22.8 Å². The maximum atomic E-state index is 13.2. The van der Waals surface area contributed by atoms with Crippen LogP contribution in [0.15, 0.2) is 35.4 Å². The van der Waals surface area contributed by atoms with E-state index in [-0.39, 0.29) is 17.9 Å². The summed E-state index contributed by atoms with van der Waals surface area (Å²) >= 11 is 0.695. The SMILES string of the molecule is C#CCn1cc(SNC(C)C(F)(F)F)cc1C(=O)Nc1ccc(F)c(F)c1. The van der Waals surface area contributed by atoms with Crippen molar-refractivity contribution < 1.29 is 26.7 Å². The Kier molecular flexibility index (Phi) is 6.51. The van der Waals surface area contributed by atoms with Crippen molar-refractivity contribution in [2.24, 2.45) is 0 Å². The standard InChI is InChI=1S/C17H14F5N3OS/c1-3-6-25-9-12(27-24-10(2)17(20,21)22)8-15(25)16(26)23-11-4-5-13(18)14(19)7-11/h1,4-5,7-10,24H,6H2,2H3,(H,23,26). The number of halogens is 5. The summed E-state index contributed by atoms with van der Waals surface area (Å²) in [5.74, 6) is -0.542. The summed E-state index contributed by atoms with van der Waals surface area (Å²) in [4.78, 5) is 12.7. The molecular weight excluding hydrogens is 389 g/mol. The molecule has 144 valence electrons. The van der Waals surface area contributed by atoms with E-state index < -0.39 is 29.8 Å². The van der Waals surface area contributed by atoms with Crippen molar-refractivity contribution in [1.82, 2.24) is 9.29 Å². The van der Waals surface area contributed by atoms with Crippen LogP contribution in [0.25, 0.3) is 0 Å². The Morgan fingerprint density at radius 1 is 1.30 bits per heavy atom. The molecule has 1 atom stereocenters. The van der Waals surface area contributed by atoms with Gasteiger partial charge in [-0.3, -0.25) is 4.79 Å². The van der Waals surface area contributed by atoms with Crippen molar-refractivity contribution in [3.8, 4) is 12.3 Å². The minimum Gasteiger partial charge on any atom is -0.331 e. The number of hydrogen-bond acceptors (Lipinski definition) is 3. The summed E-state index contributed by atoms with van der Waals surface area (Å²) in [7, 11) is 0. The molecule has 2 N–H and O–H groups in total. The van der Waals surface area contributed by atoms with Gasteiger partial charge in [0.1, 0.15) is 11.7 Å². The number of benzene rings is 1. The molecule has 2 aromatic rings. The summed E-state index contributed by atoms with van der Waals surface area (Å²) in [5, 5.41) is 2.38. The van der Waals surface area contributed by atoms with E-state index in [1.165, 1.54) is 22.9 Å². The Morgan fingerprint density at radius 2 is 2.00 bits per heavy atom. The zero-order chi connectivity index (χ0) is 20.2. The fourth-order valence-corrected chi connectivity index (χ4v) is 2.75. The van der Waals surface area contributed by atoms with Crippen molar-refractivity contribution in [3.63, 3.8) is 0 Å². The summed E-state index contributed by atoms with van der Waals surface area (Å²) in [6.45, 7) is 0.956. The van der Waals surface area contributed by atoms with Gasteiger partial charge >= 0.3 is 6.18 Å². The van der Waals surface area contributed by atoms with E-state index in [2.05, 4.69) is 16.0 Å². The van der Waals surface area contributed by atoms with Gasteiger partial charge in [-0.15, -0.1) is 6.42 Å². The van der Waals surface area contributed by atoms with Gasteiger partial charge < -0.3 is 9.88 Å². The number of anilines is 1. The third-order valence-electron chi connectivity index (χ3n) is 3.39. The van der Waals surface area contributed by atoms with Crippen molar-refractivity contribution in [1.29, 1.82) is 0 Å². The highest BCUT2D eigenvalue weighted by atomic mass is 32.2. The van der Waals surface area contributed by atoms with E-state index >= 15 is 0 Å². The van der Waals surface area contributed by atoms with Gasteiger partial charge in [-0.2, -0.15) is 13.2 Å². The number of alkyl halides is 3. The molecule has 10 heteroatoms. The Morgan fingerprint density at radius 3 is 2.59 bits per heavy atom. The second-order valence-corrected chi connectivity index (χ2v) is 6.37. The lowest BCUT2D eigenvalue weighted by Gasteiger charge is -2.15. The van der Waals surface area contributed by atoms with Crippen molar-refractivity contribution >= 4 is 23.5 Å². The predicted octanol–water partition coefficient (Wildman–Crippen LogP) is 4.20. The fourth-order valence-electron chi connectivity index (χ4n) is 1.95. The highest BCUT2D eigenvalue weighted by Crippen LogP contribution is 2.25. The van der Waals surface area contributed by atoms with E-state index in [1.807, 2.05) is 0 Å². The second-order valence-electron chi connectivity index (χ2n) is 5.46. The highest BCUT2D eigenvalue weighted by Gasteiger charge is 2.36. The number of nitrogens with one attached hydrogen (secondary N) is 2. The number of hydrogen-bond donors (Lipinski definition) is 2. The van der Waals surface area contributed by atoms with Crippen LogP contribution in [0.3, 0.4) is 0 Å². The van der Waals surface area contributed by atoms with Crippen LogP contribution >= 0.6 is 11.9 Å². The maximum absolute atomic E-state index is 13.2. The number of rotatable bonds is 6. The van der Waals surface area contributed by atoms with Crippen LogP contribution < -0.4 is 10.0 Å². The monoisotopic (exact) mass is 403 g/mol. The van der Waals surface area contributed by atoms with Crippen LogP contribution in [-0.4, -0.2) is 22.7 Å².